The number of nitrogens with one attached hydrogen (secondary N) is 2. The van der Waals surface area contributed by atoms with Crippen LogP contribution >= 0.6 is 27.5 Å². The van der Waals surface area contributed by atoms with Gasteiger partial charge < -0.3 is 14.8 Å². The molecule has 0 aliphatic carbocycles. The van der Waals surface area contributed by atoms with Crippen molar-refractivity contribution in [2.75, 3.05) is 25.1 Å². The number of halogens is 2. The van der Waals surface area contributed by atoms with Crippen LogP contribution in [0, 0.1) is 0 Å². The lowest BCUT2D eigenvalue weighted by atomic mass is 10.2. The summed E-state index contributed by atoms with van der Waals surface area (Å²) in [6.45, 7) is 4.95. The number of amides is 1. The predicted molar refractivity (Wildman–Crippen MR) is 112 cm³/mol. The van der Waals surface area contributed by atoms with Crippen LogP contribution in [-0.4, -0.2) is 31.9 Å². The third-order valence-electron chi connectivity index (χ3n) is 3.32. The van der Waals surface area contributed by atoms with Gasteiger partial charge in [-0.3, -0.25) is 4.79 Å². The van der Waals surface area contributed by atoms with Crippen LogP contribution in [0.15, 0.2) is 46.0 Å². The Labute approximate surface area is 172 Å². The molecule has 27 heavy (non-hydrogen) atoms. The molecule has 2 N–H and O–H groups in total. The quantitative estimate of drug-likeness (QED) is 0.433. The lowest BCUT2D eigenvalue weighted by molar-refractivity contribution is -0.119. The smallest absolute Gasteiger partial charge is 0.259 e. The van der Waals surface area contributed by atoms with E-state index in [1.807, 2.05) is 19.9 Å². The van der Waals surface area contributed by atoms with E-state index in [4.69, 9.17) is 21.1 Å². The molecule has 8 heteroatoms. The SMILES string of the molecule is CCOc1cc(/C=N\NC(=O)CNc2ccc(Cl)cc2)cc(Br)c1OCC. The van der Waals surface area contributed by atoms with E-state index >= 15 is 0 Å². The van der Waals surface area contributed by atoms with Crippen LogP contribution < -0.4 is 20.2 Å². The summed E-state index contributed by atoms with van der Waals surface area (Å²) in [4.78, 5) is 11.9. The Balaban J connectivity index is 1.94. The number of ether oxygens (including phenoxy) is 2. The molecule has 0 fully saturated rings. The van der Waals surface area contributed by atoms with Crippen LogP contribution in [0.5, 0.6) is 11.5 Å². The summed E-state index contributed by atoms with van der Waals surface area (Å²) in [5, 5.41) is 7.61. The second-order valence-electron chi connectivity index (χ2n) is 5.35. The zero-order valence-corrected chi connectivity index (χ0v) is 17.4. The van der Waals surface area contributed by atoms with Crippen LogP contribution in [0.4, 0.5) is 5.69 Å². The molecule has 0 spiro atoms. The van der Waals surface area contributed by atoms with Crippen LogP contribution in [0.25, 0.3) is 0 Å². The van der Waals surface area contributed by atoms with Gasteiger partial charge in [-0.2, -0.15) is 5.10 Å². The van der Waals surface area contributed by atoms with Crippen LogP contribution in [0.2, 0.25) is 5.02 Å². The maximum Gasteiger partial charge on any atom is 0.259 e. The standard InChI is InChI=1S/C19H21BrClN3O3/c1-3-26-17-10-13(9-16(20)19(17)27-4-2)11-23-24-18(25)12-22-15-7-5-14(21)6-8-15/h5-11,22H,3-4,12H2,1-2H3,(H,24,25)/b23-11-. The van der Waals surface area contributed by atoms with Gasteiger partial charge in [0, 0.05) is 10.7 Å². The minimum Gasteiger partial charge on any atom is -0.490 e. The normalized spacial score (nSPS) is 10.7. The molecule has 2 aromatic carbocycles. The van der Waals surface area contributed by atoms with Crippen molar-refractivity contribution < 1.29 is 14.3 Å². The molecule has 0 saturated heterocycles. The number of hydrazone groups is 1. The zero-order chi connectivity index (χ0) is 19.6. The Bertz CT molecular complexity index is 798. The maximum atomic E-state index is 11.9. The molecule has 0 bridgehead atoms. The number of carbonyl (C=O) groups is 1. The van der Waals surface area contributed by atoms with Gasteiger partial charge in [0.25, 0.3) is 5.91 Å². The van der Waals surface area contributed by atoms with Gasteiger partial charge in [0.1, 0.15) is 0 Å². The average molecular weight is 455 g/mol. The fourth-order valence-electron chi connectivity index (χ4n) is 2.18. The van der Waals surface area contributed by atoms with Crippen LogP contribution in [0.1, 0.15) is 19.4 Å². The highest BCUT2D eigenvalue weighted by Crippen LogP contribution is 2.36. The van der Waals surface area contributed by atoms with E-state index in [1.165, 1.54) is 0 Å². The molecule has 0 saturated carbocycles. The first-order valence-corrected chi connectivity index (χ1v) is 9.61. The Morgan fingerprint density at radius 2 is 1.89 bits per heavy atom. The first-order chi connectivity index (χ1) is 13.0. The fraction of sp³-hybridized carbons (Fsp3) is 0.263. The van der Waals surface area contributed by atoms with Gasteiger partial charge in [-0.25, -0.2) is 5.43 Å². The number of hydrogen-bond acceptors (Lipinski definition) is 5. The van der Waals surface area contributed by atoms with Crippen molar-refractivity contribution in [3.63, 3.8) is 0 Å². The predicted octanol–water partition coefficient (Wildman–Crippen LogP) is 4.46. The number of benzene rings is 2. The molecule has 144 valence electrons. The van der Waals surface area contributed by atoms with E-state index in [0.717, 1.165) is 15.7 Å². The van der Waals surface area contributed by atoms with Crippen molar-refractivity contribution in [1.82, 2.24) is 5.43 Å². The van der Waals surface area contributed by atoms with Crippen molar-refractivity contribution in [2.45, 2.75) is 13.8 Å². The summed E-state index contributed by atoms with van der Waals surface area (Å²) in [5.74, 6) is 0.995. The number of nitrogens with zero attached hydrogens (tertiary/aromatic N) is 1. The Kier molecular flexibility index (Phi) is 8.42. The number of rotatable bonds is 9. The summed E-state index contributed by atoms with van der Waals surface area (Å²) in [6, 6.07) is 10.7. The summed E-state index contributed by atoms with van der Waals surface area (Å²) in [5.41, 5.74) is 4.04. The molecular formula is C19H21BrClN3O3. The van der Waals surface area contributed by atoms with Gasteiger partial charge in [-0.15, -0.1) is 0 Å². The zero-order valence-electron chi connectivity index (χ0n) is 15.1. The lowest BCUT2D eigenvalue weighted by Crippen LogP contribution is -2.25. The van der Waals surface area contributed by atoms with Gasteiger partial charge in [0.15, 0.2) is 11.5 Å². The van der Waals surface area contributed by atoms with Gasteiger partial charge in [-0.1, -0.05) is 11.6 Å². The van der Waals surface area contributed by atoms with Gasteiger partial charge in [-0.05, 0) is 71.7 Å². The summed E-state index contributed by atoms with van der Waals surface area (Å²) in [6.07, 6.45) is 1.54. The number of hydrogen-bond donors (Lipinski definition) is 2. The Morgan fingerprint density at radius 3 is 2.56 bits per heavy atom. The van der Waals surface area contributed by atoms with Crippen molar-refractivity contribution in [2.24, 2.45) is 5.10 Å². The van der Waals surface area contributed by atoms with E-state index in [1.54, 1.807) is 36.5 Å². The molecule has 2 rings (SSSR count). The summed E-state index contributed by atoms with van der Waals surface area (Å²) in [7, 11) is 0. The monoisotopic (exact) mass is 453 g/mol. The first-order valence-electron chi connectivity index (χ1n) is 8.44. The van der Waals surface area contributed by atoms with E-state index < -0.39 is 0 Å². The van der Waals surface area contributed by atoms with E-state index in [0.29, 0.717) is 29.7 Å². The molecule has 0 aliphatic rings. The molecule has 2 aromatic rings. The third-order valence-corrected chi connectivity index (χ3v) is 4.16. The van der Waals surface area contributed by atoms with Gasteiger partial charge in [0.2, 0.25) is 0 Å². The molecule has 0 aliphatic heterocycles. The number of anilines is 1. The van der Waals surface area contributed by atoms with Gasteiger partial charge >= 0.3 is 0 Å². The fourth-order valence-corrected chi connectivity index (χ4v) is 2.88. The third kappa shape index (κ3) is 6.77. The van der Waals surface area contributed by atoms with E-state index in [-0.39, 0.29) is 12.5 Å². The van der Waals surface area contributed by atoms with E-state index in [2.05, 4.69) is 31.8 Å². The molecule has 0 atom stereocenters. The summed E-state index contributed by atoms with van der Waals surface area (Å²) >= 11 is 9.30. The number of carbonyl (C=O) groups excluding carboxylic acids is 1. The average Bonchev–Trinajstić information content (AvgIpc) is 2.64. The highest BCUT2D eigenvalue weighted by atomic mass is 79.9. The molecule has 0 radical (unpaired) electrons. The minimum atomic E-state index is -0.267. The minimum absolute atomic E-state index is 0.0934. The largest absolute Gasteiger partial charge is 0.490 e. The van der Waals surface area contributed by atoms with Gasteiger partial charge in [0.05, 0.1) is 30.4 Å². The molecule has 1 amide bonds. The summed E-state index contributed by atoms with van der Waals surface area (Å²) < 4.78 is 12.0. The molecule has 0 unspecified atom stereocenters. The van der Waals surface area contributed by atoms with Crippen molar-refractivity contribution >= 4 is 45.3 Å². The first kappa shape index (κ1) is 21.1. The Morgan fingerprint density at radius 1 is 1.19 bits per heavy atom. The van der Waals surface area contributed by atoms with Crippen molar-refractivity contribution in [3.8, 4) is 11.5 Å². The highest BCUT2D eigenvalue weighted by Gasteiger charge is 2.11. The lowest BCUT2D eigenvalue weighted by Gasteiger charge is -2.13. The molecule has 6 nitrogen and oxygen atoms in total. The molecular weight excluding hydrogens is 434 g/mol. The maximum absolute atomic E-state index is 11.9. The second kappa shape index (κ2) is 10.8. The van der Waals surface area contributed by atoms with Crippen molar-refractivity contribution in [1.29, 1.82) is 0 Å². The second-order valence-corrected chi connectivity index (χ2v) is 6.64. The molecule has 0 aromatic heterocycles. The van der Waals surface area contributed by atoms with Crippen molar-refractivity contribution in [3.05, 3.63) is 51.5 Å². The highest BCUT2D eigenvalue weighted by molar-refractivity contribution is 9.10. The van der Waals surface area contributed by atoms with Crippen LogP contribution in [-0.2, 0) is 4.79 Å². The van der Waals surface area contributed by atoms with Crippen LogP contribution in [0.3, 0.4) is 0 Å². The Hall–Kier alpha value is -2.25. The topological polar surface area (TPSA) is 72.0 Å². The molecule has 0 heterocycles. The van der Waals surface area contributed by atoms with E-state index in [9.17, 15) is 4.79 Å².